The number of amides is 3. The van der Waals surface area contributed by atoms with Crippen molar-refractivity contribution in [2.75, 3.05) is 19.6 Å². The number of rotatable bonds is 5. The molecule has 3 N–H and O–H groups in total. The third-order valence-electron chi connectivity index (χ3n) is 6.12. The van der Waals surface area contributed by atoms with E-state index in [-0.39, 0.29) is 43.1 Å². The third kappa shape index (κ3) is 5.80. The summed E-state index contributed by atoms with van der Waals surface area (Å²) >= 11 is 0. The van der Waals surface area contributed by atoms with Crippen LogP contribution in [0.3, 0.4) is 0 Å². The predicted molar refractivity (Wildman–Crippen MR) is 127 cm³/mol. The first-order valence-electron chi connectivity index (χ1n) is 11.5. The van der Waals surface area contributed by atoms with E-state index in [4.69, 9.17) is 0 Å². The van der Waals surface area contributed by atoms with Crippen molar-refractivity contribution in [1.82, 2.24) is 20.5 Å². The normalized spacial score (nSPS) is 17.4. The fraction of sp³-hybridized carbons (Fsp3) is 0.346. The van der Waals surface area contributed by atoms with Crippen molar-refractivity contribution >= 4 is 28.6 Å². The smallest absolute Gasteiger partial charge is 0.242 e. The minimum absolute atomic E-state index is 0.0630. The lowest BCUT2D eigenvalue weighted by Gasteiger charge is -2.33. The van der Waals surface area contributed by atoms with Gasteiger partial charge < -0.3 is 20.5 Å². The van der Waals surface area contributed by atoms with Gasteiger partial charge in [0.05, 0.1) is 25.4 Å². The quantitative estimate of drug-likeness (QED) is 0.562. The Bertz CT molecular complexity index is 1110. The van der Waals surface area contributed by atoms with Gasteiger partial charge in [-0.15, -0.1) is 0 Å². The summed E-state index contributed by atoms with van der Waals surface area (Å²) in [7, 11) is 0. The lowest BCUT2D eigenvalue weighted by Crippen LogP contribution is -2.44. The Kier molecular flexibility index (Phi) is 7.40. The number of carbonyl (C=O) groups is 3. The number of para-hydroxylation sites is 1. The standard InChI is InChI=1S/C26H30N4O3/c31-24(15-20-17-28-22-12-6-5-11-21(20)22)29-18-26(33)30-14-8-2-7-13-27-25(32)16-23(30)19-9-3-1-4-10-19/h1,3-6,9-12,17,23,28H,2,7-8,13-16,18H2,(H,27,32)(H,29,31). The lowest BCUT2D eigenvalue weighted by atomic mass is 10.00. The third-order valence-corrected chi connectivity index (χ3v) is 6.12. The minimum atomic E-state index is -0.359. The Labute approximate surface area is 193 Å². The van der Waals surface area contributed by atoms with Crippen molar-refractivity contribution in [2.45, 2.75) is 38.1 Å². The summed E-state index contributed by atoms with van der Waals surface area (Å²) in [5.74, 6) is -0.445. The summed E-state index contributed by atoms with van der Waals surface area (Å²) in [6.45, 7) is 1.13. The molecule has 33 heavy (non-hydrogen) atoms. The van der Waals surface area contributed by atoms with E-state index < -0.39 is 0 Å². The van der Waals surface area contributed by atoms with Gasteiger partial charge in [-0.05, 0) is 36.5 Å². The highest BCUT2D eigenvalue weighted by Gasteiger charge is 2.28. The lowest BCUT2D eigenvalue weighted by molar-refractivity contribution is -0.136. The molecule has 4 rings (SSSR count). The molecule has 0 saturated carbocycles. The highest BCUT2D eigenvalue weighted by molar-refractivity contribution is 5.91. The largest absolute Gasteiger partial charge is 0.361 e. The number of nitrogens with zero attached hydrogens (tertiary/aromatic N) is 1. The van der Waals surface area contributed by atoms with Crippen LogP contribution >= 0.6 is 0 Å². The SMILES string of the molecule is O=C(Cc1c[nH]c2ccccc12)NCC(=O)N1CCCCCNC(=O)CC1c1ccccc1. The molecule has 1 aliphatic heterocycles. The molecule has 3 aromatic rings. The summed E-state index contributed by atoms with van der Waals surface area (Å²) in [5, 5.41) is 6.74. The number of aromatic amines is 1. The summed E-state index contributed by atoms with van der Waals surface area (Å²) in [6, 6.07) is 17.1. The molecule has 172 valence electrons. The van der Waals surface area contributed by atoms with Crippen molar-refractivity contribution in [2.24, 2.45) is 0 Å². The molecule has 1 fully saturated rings. The Morgan fingerprint density at radius 2 is 1.79 bits per heavy atom. The van der Waals surface area contributed by atoms with Gasteiger partial charge in [-0.1, -0.05) is 48.5 Å². The summed E-state index contributed by atoms with van der Waals surface area (Å²) in [4.78, 5) is 43.3. The van der Waals surface area contributed by atoms with E-state index in [1.807, 2.05) is 60.8 Å². The van der Waals surface area contributed by atoms with Crippen LogP contribution in [-0.4, -0.2) is 47.2 Å². The van der Waals surface area contributed by atoms with Gasteiger partial charge in [0.25, 0.3) is 0 Å². The maximum Gasteiger partial charge on any atom is 0.242 e. The zero-order valence-electron chi connectivity index (χ0n) is 18.7. The number of fused-ring (bicyclic) bond motifs is 1. The second kappa shape index (κ2) is 10.8. The van der Waals surface area contributed by atoms with Gasteiger partial charge in [-0.25, -0.2) is 0 Å². The monoisotopic (exact) mass is 446 g/mol. The highest BCUT2D eigenvalue weighted by atomic mass is 16.2. The second-order valence-electron chi connectivity index (χ2n) is 8.44. The molecular formula is C26H30N4O3. The van der Waals surface area contributed by atoms with Crippen molar-refractivity contribution < 1.29 is 14.4 Å². The Morgan fingerprint density at radius 3 is 2.64 bits per heavy atom. The summed E-state index contributed by atoms with van der Waals surface area (Å²) in [6.07, 6.45) is 4.92. The van der Waals surface area contributed by atoms with Crippen molar-refractivity contribution in [3.05, 3.63) is 71.9 Å². The molecule has 0 radical (unpaired) electrons. The van der Waals surface area contributed by atoms with E-state index in [2.05, 4.69) is 15.6 Å². The van der Waals surface area contributed by atoms with Crippen LogP contribution in [0.25, 0.3) is 10.9 Å². The van der Waals surface area contributed by atoms with Crippen LogP contribution in [0.1, 0.15) is 42.9 Å². The first-order valence-corrected chi connectivity index (χ1v) is 11.5. The van der Waals surface area contributed by atoms with Crippen molar-refractivity contribution in [3.63, 3.8) is 0 Å². The average Bonchev–Trinajstić information content (AvgIpc) is 3.24. The van der Waals surface area contributed by atoms with Crippen LogP contribution in [0.5, 0.6) is 0 Å². The molecule has 1 saturated heterocycles. The molecule has 0 spiro atoms. The number of carbonyl (C=O) groups excluding carboxylic acids is 3. The number of benzene rings is 2. The molecule has 1 aliphatic rings. The van der Waals surface area contributed by atoms with E-state index in [1.54, 1.807) is 4.90 Å². The molecule has 3 amide bonds. The van der Waals surface area contributed by atoms with E-state index >= 15 is 0 Å². The molecule has 1 aromatic heterocycles. The zero-order valence-corrected chi connectivity index (χ0v) is 18.7. The molecule has 2 heterocycles. The van der Waals surface area contributed by atoms with Crippen LogP contribution in [0.2, 0.25) is 0 Å². The van der Waals surface area contributed by atoms with Crippen LogP contribution in [0, 0.1) is 0 Å². The van der Waals surface area contributed by atoms with Gasteiger partial charge in [-0.2, -0.15) is 0 Å². The highest BCUT2D eigenvalue weighted by Crippen LogP contribution is 2.26. The fourth-order valence-electron chi connectivity index (χ4n) is 4.39. The molecule has 7 heteroatoms. The predicted octanol–water partition coefficient (Wildman–Crippen LogP) is 3.09. The van der Waals surface area contributed by atoms with Crippen molar-refractivity contribution in [3.8, 4) is 0 Å². The van der Waals surface area contributed by atoms with Crippen LogP contribution in [0.4, 0.5) is 0 Å². The zero-order chi connectivity index (χ0) is 23.0. The second-order valence-corrected chi connectivity index (χ2v) is 8.44. The number of hydrogen-bond donors (Lipinski definition) is 3. The summed E-state index contributed by atoms with van der Waals surface area (Å²) < 4.78 is 0. The molecule has 0 aliphatic carbocycles. The maximum atomic E-state index is 13.2. The molecule has 7 nitrogen and oxygen atoms in total. The first-order chi connectivity index (χ1) is 16.1. The van der Waals surface area contributed by atoms with Gasteiger partial charge in [0.2, 0.25) is 17.7 Å². The average molecular weight is 447 g/mol. The number of hydrogen-bond acceptors (Lipinski definition) is 3. The topological polar surface area (TPSA) is 94.3 Å². The van der Waals surface area contributed by atoms with E-state index in [1.165, 1.54) is 0 Å². The molecule has 1 unspecified atom stereocenters. The Balaban J connectivity index is 1.44. The van der Waals surface area contributed by atoms with Crippen LogP contribution in [-0.2, 0) is 20.8 Å². The fourth-order valence-corrected chi connectivity index (χ4v) is 4.39. The molecule has 0 bridgehead atoms. The Hall–Kier alpha value is -3.61. The van der Waals surface area contributed by atoms with Crippen LogP contribution < -0.4 is 10.6 Å². The van der Waals surface area contributed by atoms with Gasteiger partial charge in [0, 0.05) is 30.2 Å². The summed E-state index contributed by atoms with van der Waals surface area (Å²) in [5.41, 5.74) is 2.80. The van der Waals surface area contributed by atoms with Crippen LogP contribution in [0.15, 0.2) is 60.8 Å². The maximum absolute atomic E-state index is 13.2. The van der Waals surface area contributed by atoms with Gasteiger partial charge in [0.1, 0.15) is 0 Å². The minimum Gasteiger partial charge on any atom is -0.361 e. The van der Waals surface area contributed by atoms with Crippen molar-refractivity contribution in [1.29, 1.82) is 0 Å². The van der Waals surface area contributed by atoms with Gasteiger partial charge in [0.15, 0.2) is 0 Å². The number of H-pyrrole nitrogens is 1. The Morgan fingerprint density at radius 1 is 1.00 bits per heavy atom. The van der Waals surface area contributed by atoms with E-state index in [0.29, 0.717) is 13.1 Å². The molecule has 2 aromatic carbocycles. The van der Waals surface area contributed by atoms with Gasteiger partial charge >= 0.3 is 0 Å². The molecule has 1 atom stereocenters. The van der Waals surface area contributed by atoms with Gasteiger partial charge in [-0.3, -0.25) is 14.4 Å². The number of aromatic nitrogens is 1. The van der Waals surface area contributed by atoms with E-state index in [0.717, 1.165) is 41.3 Å². The molecular weight excluding hydrogens is 416 g/mol. The van der Waals surface area contributed by atoms with E-state index in [9.17, 15) is 14.4 Å². The number of nitrogens with one attached hydrogen (secondary N) is 3. The first kappa shape index (κ1) is 22.6.